The topological polar surface area (TPSA) is 45.4 Å². The van der Waals surface area contributed by atoms with Crippen LogP contribution in [0.15, 0.2) is 18.3 Å². The van der Waals surface area contributed by atoms with Gasteiger partial charge in [-0.3, -0.25) is 9.88 Å². The molecule has 2 N–H and O–H groups in total. The van der Waals surface area contributed by atoms with Crippen molar-refractivity contribution in [1.29, 1.82) is 0 Å². The number of aromatic nitrogens is 1. The van der Waals surface area contributed by atoms with Gasteiger partial charge in [0.15, 0.2) is 0 Å². The van der Waals surface area contributed by atoms with Gasteiger partial charge in [-0.15, -0.1) is 0 Å². The third-order valence-corrected chi connectivity index (χ3v) is 3.73. The molecule has 0 amide bonds. The summed E-state index contributed by atoms with van der Waals surface area (Å²) in [5.41, 5.74) is 7.54. The van der Waals surface area contributed by atoms with E-state index in [4.69, 9.17) is 18.0 Å². The van der Waals surface area contributed by atoms with Crippen molar-refractivity contribution in [2.75, 3.05) is 31.1 Å². The maximum absolute atomic E-state index is 5.74. The number of nitrogens with zero attached hydrogens (tertiary/aromatic N) is 3. The highest BCUT2D eigenvalue weighted by Crippen LogP contribution is 2.21. The van der Waals surface area contributed by atoms with Crippen LogP contribution in [-0.4, -0.2) is 47.1 Å². The van der Waals surface area contributed by atoms with Gasteiger partial charge in [-0.2, -0.15) is 0 Å². The number of anilines is 1. The minimum Gasteiger partial charge on any atom is -0.388 e. The molecule has 0 radical (unpaired) electrons. The summed E-state index contributed by atoms with van der Waals surface area (Å²) >= 11 is 5.07. The molecule has 4 nitrogen and oxygen atoms in total. The van der Waals surface area contributed by atoms with Gasteiger partial charge in [0.1, 0.15) is 10.7 Å². The number of nitrogens with two attached hydrogens (primary N) is 1. The molecule has 1 aromatic heterocycles. The van der Waals surface area contributed by atoms with Crippen LogP contribution >= 0.6 is 12.2 Å². The highest BCUT2D eigenvalue weighted by Gasteiger charge is 2.24. The Morgan fingerprint density at radius 3 is 2.94 bits per heavy atom. The molecule has 1 saturated heterocycles. The average Bonchev–Trinajstić information content (AvgIpc) is 2.38. The van der Waals surface area contributed by atoms with Crippen LogP contribution in [0.4, 0.5) is 5.69 Å². The van der Waals surface area contributed by atoms with E-state index < -0.39 is 0 Å². The second kappa shape index (κ2) is 5.63. The van der Waals surface area contributed by atoms with Gasteiger partial charge in [-0.1, -0.05) is 19.1 Å². The predicted molar refractivity (Wildman–Crippen MR) is 79.0 cm³/mol. The SMILES string of the molecule is CCN1CCN(c2cccnc2C(N)=S)CC1C. The normalized spacial score (nSPS) is 21.0. The van der Waals surface area contributed by atoms with Gasteiger partial charge >= 0.3 is 0 Å². The third-order valence-electron chi connectivity index (χ3n) is 3.53. The highest BCUT2D eigenvalue weighted by molar-refractivity contribution is 7.80. The monoisotopic (exact) mass is 264 g/mol. The Bertz CT molecular complexity index is 435. The Morgan fingerprint density at radius 1 is 1.56 bits per heavy atom. The fourth-order valence-corrected chi connectivity index (χ4v) is 2.68. The van der Waals surface area contributed by atoms with Gasteiger partial charge in [-0.05, 0) is 25.6 Å². The summed E-state index contributed by atoms with van der Waals surface area (Å²) < 4.78 is 0. The van der Waals surface area contributed by atoms with Gasteiger partial charge in [0.25, 0.3) is 0 Å². The van der Waals surface area contributed by atoms with E-state index >= 15 is 0 Å². The molecule has 1 aliphatic heterocycles. The Morgan fingerprint density at radius 2 is 2.33 bits per heavy atom. The summed E-state index contributed by atoms with van der Waals surface area (Å²) in [6.07, 6.45) is 1.74. The molecule has 2 rings (SSSR count). The smallest absolute Gasteiger partial charge is 0.124 e. The summed E-state index contributed by atoms with van der Waals surface area (Å²) in [6, 6.07) is 4.53. The predicted octanol–water partition coefficient (Wildman–Crippen LogP) is 1.25. The number of hydrogen-bond acceptors (Lipinski definition) is 4. The van der Waals surface area contributed by atoms with E-state index in [9.17, 15) is 0 Å². The van der Waals surface area contributed by atoms with Crippen LogP contribution < -0.4 is 10.6 Å². The Balaban J connectivity index is 2.20. The van der Waals surface area contributed by atoms with Gasteiger partial charge in [0, 0.05) is 31.9 Å². The quantitative estimate of drug-likeness (QED) is 0.832. The van der Waals surface area contributed by atoms with Crippen LogP contribution in [0, 0.1) is 0 Å². The molecule has 0 aromatic carbocycles. The lowest BCUT2D eigenvalue weighted by Crippen LogP contribution is -2.52. The number of hydrogen-bond donors (Lipinski definition) is 1. The summed E-state index contributed by atoms with van der Waals surface area (Å²) in [4.78, 5) is 9.48. The van der Waals surface area contributed by atoms with Crippen molar-refractivity contribution in [3.05, 3.63) is 24.0 Å². The van der Waals surface area contributed by atoms with Crippen LogP contribution in [0.5, 0.6) is 0 Å². The van der Waals surface area contributed by atoms with Gasteiger partial charge in [-0.25, -0.2) is 0 Å². The summed E-state index contributed by atoms with van der Waals surface area (Å²) in [6.45, 7) is 8.63. The molecular formula is C13H20N4S. The Labute approximate surface area is 114 Å². The van der Waals surface area contributed by atoms with E-state index in [1.54, 1.807) is 6.20 Å². The van der Waals surface area contributed by atoms with Crippen molar-refractivity contribution >= 4 is 22.9 Å². The van der Waals surface area contributed by atoms with Crippen LogP contribution in [0.25, 0.3) is 0 Å². The molecule has 18 heavy (non-hydrogen) atoms. The van der Waals surface area contributed by atoms with Crippen molar-refractivity contribution in [3.63, 3.8) is 0 Å². The maximum atomic E-state index is 5.74. The number of piperazine rings is 1. The molecule has 0 aliphatic carbocycles. The molecule has 1 fully saturated rings. The fraction of sp³-hybridized carbons (Fsp3) is 0.538. The molecule has 98 valence electrons. The van der Waals surface area contributed by atoms with Crippen LogP contribution in [0.1, 0.15) is 19.5 Å². The number of rotatable bonds is 3. The molecular weight excluding hydrogens is 244 g/mol. The van der Waals surface area contributed by atoms with E-state index in [0.717, 1.165) is 37.6 Å². The molecule has 2 heterocycles. The lowest BCUT2D eigenvalue weighted by molar-refractivity contribution is 0.199. The van der Waals surface area contributed by atoms with Crippen LogP contribution in [0.2, 0.25) is 0 Å². The first kappa shape index (κ1) is 13.2. The van der Waals surface area contributed by atoms with Crippen molar-refractivity contribution < 1.29 is 0 Å². The molecule has 1 atom stereocenters. The van der Waals surface area contributed by atoms with Crippen molar-refractivity contribution in [2.45, 2.75) is 19.9 Å². The second-order valence-electron chi connectivity index (χ2n) is 4.66. The first-order chi connectivity index (χ1) is 8.63. The second-order valence-corrected chi connectivity index (χ2v) is 5.10. The molecule has 0 spiro atoms. The Hall–Kier alpha value is -1.20. The van der Waals surface area contributed by atoms with Gasteiger partial charge < -0.3 is 10.6 Å². The summed E-state index contributed by atoms with van der Waals surface area (Å²) in [7, 11) is 0. The minimum absolute atomic E-state index is 0.371. The van der Waals surface area contributed by atoms with Gasteiger partial charge in [0.05, 0.1) is 5.69 Å². The lowest BCUT2D eigenvalue weighted by Gasteiger charge is -2.40. The number of pyridine rings is 1. The molecule has 0 bridgehead atoms. The average molecular weight is 264 g/mol. The van der Waals surface area contributed by atoms with E-state index in [-0.39, 0.29) is 0 Å². The molecule has 1 aliphatic rings. The first-order valence-corrected chi connectivity index (χ1v) is 6.78. The van der Waals surface area contributed by atoms with E-state index in [1.807, 2.05) is 6.07 Å². The largest absolute Gasteiger partial charge is 0.388 e. The Kier molecular flexibility index (Phi) is 4.14. The lowest BCUT2D eigenvalue weighted by atomic mass is 10.1. The minimum atomic E-state index is 0.371. The fourth-order valence-electron chi connectivity index (χ4n) is 2.53. The molecule has 5 heteroatoms. The zero-order valence-corrected chi connectivity index (χ0v) is 11.8. The number of likely N-dealkylation sites (N-methyl/N-ethyl adjacent to an activating group) is 1. The van der Waals surface area contributed by atoms with Crippen molar-refractivity contribution in [1.82, 2.24) is 9.88 Å². The van der Waals surface area contributed by atoms with E-state index in [0.29, 0.717) is 11.0 Å². The highest BCUT2D eigenvalue weighted by atomic mass is 32.1. The van der Waals surface area contributed by atoms with Crippen LogP contribution in [0.3, 0.4) is 0 Å². The molecule has 0 saturated carbocycles. The summed E-state index contributed by atoms with van der Waals surface area (Å²) in [5.74, 6) is 0. The van der Waals surface area contributed by atoms with Crippen molar-refractivity contribution in [3.8, 4) is 0 Å². The van der Waals surface area contributed by atoms with Crippen molar-refractivity contribution in [2.24, 2.45) is 5.73 Å². The zero-order valence-electron chi connectivity index (χ0n) is 11.0. The van der Waals surface area contributed by atoms with Crippen LogP contribution in [-0.2, 0) is 0 Å². The first-order valence-electron chi connectivity index (χ1n) is 6.37. The summed E-state index contributed by atoms with van der Waals surface area (Å²) in [5, 5.41) is 0. The molecule has 1 unspecified atom stereocenters. The number of thiocarbonyl (C=S) groups is 1. The molecule has 1 aromatic rings. The third kappa shape index (κ3) is 2.62. The maximum Gasteiger partial charge on any atom is 0.124 e. The zero-order chi connectivity index (χ0) is 13.1. The van der Waals surface area contributed by atoms with E-state index in [1.165, 1.54) is 0 Å². The standard InChI is InChI=1S/C13H20N4S/c1-3-16-7-8-17(9-10(16)2)11-5-4-6-15-12(11)13(14)18/h4-6,10H,3,7-9H2,1-2H3,(H2,14,18). The van der Waals surface area contributed by atoms with Gasteiger partial charge in [0.2, 0.25) is 0 Å². The van der Waals surface area contributed by atoms with E-state index in [2.05, 4.69) is 34.7 Å².